The van der Waals surface area contributed by atoms with E-state index < -0.39 is 47.5 Å². The van der Waals surface area contributed by atoms with Crippen molar-refractivity contribution in [3.63, 3.8) is 0 Å². The van der Waals surface area contributed by atoms with Crippen molar-refractivity contribution in [1.29, 1.82) is 0 Å². The van der Waals surface area contributed by atoms with E-state index in [-0.39, 0.29) is 69.6 Å². The van der Waals surface area contributed by atoms with Crippen LogP contribution in [0.5, 0.6) is 11.5 Å². The first-order valence-electron chi connectivity index (χ1n) is 14.1. The molecule has 1 aliphatic carbocycles. The number of hydrogen-bond donors (Lipinski definition) is 3. The number of carbonyl (C=O) groups is 2. The minimum atomic E-state index is -3.19. The number of carbonyl (C=O) groups excluding carboxylic acids is 2. The fraction of sp³-hybridized carbons (Fsp3) is 0.312. The molecule has 0 saturated heterocycles. The molecule has 0 spiro atoms. The van der Waals surface area contributed by atoms with Gasteiger partial charge in [-0.2, -0.15) is 8.78 Å². The first kappa shape index (κ1) is 31.5. The number of fused-ring (bicyclic) bond motifs is 2. The Morgan fingerprint density at radius 2 is 1.96 bits per heavy atom. The van der Waals surface area contributed by atoms with E-state index >= 15 is 4.39 Å². The molecule has 14 heteroatoms. The molecule has 0 bridgehead atoms. The number of nitrogens with one attached hydrogen (secondary N) is 1. The largest absolute Gasteiger partial charge is 0.489 e. The van der Waals surface area contributed by atoms with Crippen molar-refractivity contribution in [3.05, 3.63) is 81.9 Å². The summed E-state index contributed by atoms with van der Waals surface area (Å²) in [5.41, 5.74) is 0.577. The highest BCUT2D eigenvalue weighted by atomic mass is 35.5. The molecule has 0 radical (unpaired) electrons. The molecule has 9 nitrogen and oxygen atoms in total. The molecular formula is C32H27ClF4N4O5. The van der Waals surface area contributed by atoms with Crippen LogP contribution in [0.25, 0.3) is 22.2 Å². The number of alkyl halides is 3. The molecule has 2 atom stereocenters. The highest BCUT2D eigenvalue weighted by molar-refractivity contribution is 6.31. The summed E-state index contributed by atoms with van der Waals surface area (Å²) in [6.07, 6.45) is 1.31. The zero-order valence-electron chi connectivity index (χ0n) is 24.5. The molecule has 46 heavy (non-hydrogen) atoms. The molecule has 2 aromatic carbocycles. The Morgan fingerprint density at radius 3 is 2.61 bits per heavy atom. The van der Waals surface area contributed by atoms with Crippen LogP contribution in [-0.2, 0) is 15.8 Å². The third-order valence-electron chi connectivity index (χ3n) is 8.53. The number of aromatic nitrogens is 2. The number of halogens is 5. The van der Waals surface area contributed by atoms with Gasteiger partial charge in [-0.15, -0.1) is 0 Å². The molecule has 4 N–H and O–H groups in total. The Bertz CT molecular complexity index is 1920. The maximum atomic E-state index is 16.2. The van der Waals surface area contributed by atoms with Crippen molar-refractivity contribution in [2.24, 2.45) is 5.73 Å². The van der Waals surface area contributed by atoms with E-state index in [9.17, 15) is 27.9 Å². The number of hydrogen-bond acceptors (Lipinski definition) is 7. The van der Waals surface area contributed by atoms with E-state index in [4.69, 9.17) is 22.1 Å². The average Bonchev–Trinajstić information content (AvgIpc) is 3.67. The first-order chi connectivity index (χ1) is 21.6. The minimum Gasteiger partial charge on any atom is -0.489 e. The van der Waals surface area contributed by atoms with Gasteiger partial charge in [-0.1, -0.05) is 11.6 Å². The monoisotopic (exact) mass is 658 g/mol. The van der Waals surface area contributed by atoms with Crippen LogP contribution in [0, 0.1) is 12.7 Å². The maximum absolute atomic E-state index is 16.2. The van der Waals surface area contributed by atoms with Crippen LogP contribution < -0.4 is 20.5 Å². The van der Waals surface area contributed by atoms with Gasteiger partial charge in [0.05, 0.1) is 17.3 Å². The van der Waals surface area contributed by atoms with Crippen molar-refractivity contribution >= 4 is 34.3 Å². The molecule has 1 fully saturated rings. The number of aliphatic hydroxyl groups is 1. The zero-order chi connectivity index (χ0) is 33.2. The average molecular weight is 659 g/mol. The molecule has 240 valence electrons. The third-order valence-corrected chi connectivity index (χ3v) is 8.82. The van der Waals surface area contributed by atoms with Gasteiger partial charge >= 0.3 is 6.61 Å². The number of ether oxygens (including phenoxy) is 2. The van der Waals surface area contributed by atoms with E-state index in [0.29, 0.717) is 10.9 Å². The lowest BCUT2D eigenvalue weighted by Crippen LogP contribution is -2.49. The number of amides is 2. The second kappa shape index (κ2) is 11.1. The third kappa shape index (κ3) is 5.26. The molecule has 1 unspecified atom stereocenters. The number of rotatable bonds is 9. The van der Waals surface area contributed by atoms with Crippen molar-refractivity contribution in [2.75, 3.05) is 13.2 Å². The molecular weight excluding hydrogens is 632 g/mol. The SMILES string of the molecule is Cc1cnc2c(OC(F)F)cc(C(=O)NCC(O)(c3cc4c(c(-c5ccc(F)c(Cl)c5)n3)OC[C@]4(C)C(N)=O)C3(F)CC3)cc2c1. The molecule has 2 aliphatic rings. The van der Waals surface area contributed by atoms with E-state index in [2.05, 4.69) is 20.0 Å². The van der Waals surface area contributed by atoms with Crippen LogP contribution in [0.4, 0.5) is 17.6 Å². The van der Waals surface area contributed by atoms with Crippen molar-refractivity contribution in [3.8, 4) is 22.8 Å². The summed E-state index contributed by atoms with van der Waals surface area (Å²) < 4.78 is 67.0. The molecule has 6 rings (SSSR count). The highest BCUT2D eigenvalue weighted by Crippen LogP contribution is 2.55. The molecule has 2 aromatic heterocycles. The Balaban J connectivity index is 1.42. The molecule has 3 heterocycles. The Kier molecular flexibility index (Phi) is 7.59. The summed E-state index contributed by atoms with van der Waals surface area (Å²) in [4.78, 5) is 34.7. The van der Waals surface area contributed by atoms with E-state index in [0.717, 1.165) is 12.1 Å². The summed E-state index contributed by atoms with van der Waals surface area (Å²) in [5.74, 6) is -2.52. The second-order valence-electron chi connectivity index (χ2n) is 11.8. The predicted octanol–water partition coefficient (Wildman–Crippen LogP) is 5.25. The zero-order valence-corrected chi connectivity index (χ0v) is 25.2. The fourth-order valence-corrected chi connectivity index (χ4v) is 5.77. The number of primary amides is 1. The molecule has 1 aliphatic heterocycles. The Hall–Kier alpha value is -4.49. The smallest absolute Gasteiger partial charge is 0.387 e. The van der Waals surface area contributed by atoms with Crippen LogP contribution in [0.15, 0.2) is 48.7 Å². The fourth-order valence-electron chi connectivity index (χ4n) is 5.59. The van der Waals surface area contributed by atoms with Crippen LogP contribution in [0.1, 0.15) is 46.9 Å². The lowest BCUT2D eigenvalue weighted by atomic mass is 9.80. The standard InChI is InChI=1S/C32H27ClF4N4O5/c1-15-7-17-8-18(10-22(46-29(35)36)24(17)39-12-15)27(42)40-13-32(44,31(37)5-6-31)23-11-19-26(45-14-30(19,2)28(38)43)25(41-23)16-3-4-21(34)20(33)9-16/h3-4,7-12,29,44H,5-6,13-14H2,1-2H3,(H2,38,43)(H,40,42)/t30-,32?/m0/s1. The lowest BCUT2D eigenvalue weighted by Gasteiger charge is -2.33. The quantitative estimate of drug-likeness (QED) is 0.209. The van der Waals surface area contributed by atoms with Crippen LogP contribution in [0.2, 0.25) is 5.02 Å². The van der Waals surface area contributed by atoms with Gasteiger partial charge in [0.15, 0.2) is 11.4 Å². The summed E-state index contributed by atoms with van der Waals surface area (Å²) in [7, 11) is 0. The number of nitrogens with two attached hydrogens (primary N) is 1. The molecule has 2 amide bonds. The van der Waals surface area contributed by atoms with Crippen molar-refractivity contribution in [2.45, 2.75) is 50.0 Å². The van der Waals surface area contributed by atoms with Gasteiger partial charge in [0.25, 0.3) is 5.91 Å². The van der Waals surface area contributed by atoms with E-state index in [1.54, 1.807) is 13.0 Å². The topological polar surface area (TPSA) is 137 Å². The van der Waals surface area contributed by atoms with Crippen LogP contribution >= 0.6 is 11.6 Å². The predicted molar refractivity (Wildman–Crippen MR) is 159 cm³/mol. The van der Waals surface area contributed by atoms with Gasteiger partial charge in [0, 0.05) is 28.3 Å². The Labute approximate surface area is 264 Å². The highest BCUT2D eigenvalue weighted by Gasteiger charge is 2.62. The minimum absolute atomic E-state index is 0.0413. The maximum Gasteiger partial charge on any atom is 0.387 e. The van der Waals surface area contributed by atoms with Gasteiger partial charge in [-0.05, 0) is 74.7 Å². The number of aryl methyl sites for hydroxylation is 1. The first-order valence-corrected chi connectivity index (χ1v) is 14.5. The molecule has 4 aromatic rings. The van der Waals surface area contributed by atoms with Gasteiger partial charge in [0.2, 0.25) is 5.91 Å². The summed E-state index contributed by atoms with van der Waals surface area (Å²) in [6.45, 7) is -0.830. The normalized spacial score (nSPS) is 19.3. The van der Waals surface area contributed by atoms with Gasteiger partial charge < -0.3 is 25.6 Å². The van der Waals surface area contributed by atoms with Crippen molar-refractivity contribution < 1.29 is 41.7 Å². The second-order valence-corrected chi connectivity index (χ2v) is 12.2. The van der Waals surface area contributed by atoms with E-state index in [1.807, 2.05) is 0 Å². The number of nitrogens with zero attached hydrogens (tertiary/aromatic N) is 2. The van der Waals surface area contributed by atoms with E-state index in [1.165, 1.54) is 37.4 Å². The summed E-state index contributed by atoms with van der Waals surface area (Å²) >= 11 is 6.03. The molecule has 1 saturated carbocycles. The number of pyridine rings is 2. The lowest BCUT2D eigenvalue weighted by molar-refractivity contribution is -0.123. The number of benzene rings is 2. The van der Waals surface area contributed by atoms with Gasteiger partial charge in [-0.25, -0.2) is 13.8 Å². The van der Waals surface area contributed by atoms with Crippen LogP contribution in [0.3, 0.4) is 0 Å². The van der Waals surface area contributed by atoms with Crippen LogP contribution in [-0.4, -0.2) is 52.3 Å². The Morgan fingerprint density at radius 1 is 1.22 bits per heavy atom. The van der Waals surface area contributed by atoms with Crippen molar-refractivity contribution in [1.82, 2.24) is 15.3 Å². The summed E-state index contributed by atoms with van der Waals surface area (Å²) in [6, 6.07) is 9.14. The van der Waals surface area contributed by atoms with Gasteiger partial charge in [-0.3, -0.25) is 14.6 Å². The van der Waals surface area contributed by atoms with Gasteiger partial charge in [0.1, 0.15) is 40.5 Å². The summed E-state index contributed by atoms with van der Waals surface area (Å²) in [5, 5.41) is 14.7.